The molecule has 0 aliphatic rings. The van der Waals surface area contributed by atoms with Crippen molar-refractivity contribution in [1.82, 2.24) is 5.01 Å². The lowest BCUT2D eigenvalue weighted by Gasteiger charge is -2.07. The van der Waals surface area contributed by atoms with Crippen LogP contribution in [0.2, 0.25) is 0 Å². The highest BCUT2D eigenvalue weighted by molar-refractivity contribution is 5.81. The van der Waals surface area contributed by atoms with E-state index in [1.54, 1.807) is 26.4 Å². The number of ether oxygens (including phenoxy) is 1. The zero-order valence-electron chi connectivity index (χ0n) is 14.5. The first kappa shape index (κ1) is 21.1. The number of allylic oxidation sites excluding steroid dienone is 3. The van der Waals surface area contributed by atoms with E-state index < -0.39 is 0 Å². The third-order valence-corrected chi connectivity index (χ3v) is 3.05. The van der Waals surface area contributed by atoms with Crippen LogP contribution in [0.3, 0.4) is 0 Å². The number of nitrogens with zero attached hydrogens (tertiary/aromatic N) is 2. The van der Waals surface area contributed by atoms with E-state index in [4.69, 9.17) is 16.3 Å². The van der Waals surface area contributed by atoms with E-state index in [1.165, 1.54) is 5.01 Å². The highest BCUT2D eigenvalue weighted by atomic mass is 16.5. The van der Waals surface area contributed by atoms with Gasteiger partial charge in [-0.15, -0.1) is 0 Å². The summed E-state index contributed by atoms with van der Waals surface area (Å²) in [5, 5.41) is 1.39. The second-order valence-corrected chi connectivity index (χ2v) is 5.18. The van der Waals surface area contributed by atoms with Crippen LogP contribution in [-0.2, 0) is 9.53 Å². The number of rotatable bonds is 12. The van der Waals surface area contributed by atoms with Crippen LogP contribution in [0.5, 0.6) is 0 Å². The van der Waals surface area contributed by atoms with Crippen LogP contribution < -0.4 is 11.6 Å². The molecule has 130 valence electrons. The zero-order valence-corrected chi connectivity index (χ0v) is 14.5. The van der Waals surface area contributed by atoms with Gasteiger partial charge in [-0.2, -0.15) is 0 Å². The summed E-state index contributed by atoms with van der Waals surface area (Å²) >= 11 is 0. The van der Waals surface area contributed by atoms with E-state index >= 15 is 0 Å². The number of aldehydes is 1. The van der Waals surface area contributed by atoms with Crippen molar-refractivity contribution >= 4 is 12.5 Å². The van der Waals surface area contributed by atoms with Gasteiger partial charge < -0.3 is 15.5 Å². The molecule has 23 heavy (non-hydrogen) atoms. The Bertz CT molecular complexity index is 452. The van der Waals surface area contributed by atoms with Crippen LogP contribution >= 0.6 is 0 Å². The minimum atomic E-state index is 0.479. The van der Waals surface area contributed by atoms with Crippen LogP contribution in [0, 0.1) is 0 Å². The zero-order chi connectivity index (χ0) is 17.5. The van der Waals surface area contributed by atoms with Gasteiger partial charge in [0.1, 0.15) is 0 Å². The average molecular weight is 322 g/mol. The van der Waals surface area contributed by atoms with Gasteiger partial charge in [0.15, 0.2) is 6.29 Å². The molecule has 0 fully saturated rings. The first-order valence-corrected chi connectivity index (χ1v) is 7.82. The molecular weight excluding hydrogens is 292 g/mol. The molecule has 0 aromatic carbocycles. The number of carbonyl (C=O) groups is 1. The van der Waals surface area contributed by atoms with Crippen molar-refractivity contribution in [3.05, 3.63) is 35.3 Å². The van der Waals surface area contributed by atoms with Crippen LogP contribution in [0.15, 0.2) is 40.3 Å². The second kappa shape index (κ2) is 13.7. The van der Waals surface area contributed by atoms with Crippen molar-refractivity contribution in [2.75, 3.05) is 20.8 Å². The SMILES string of the molecule is C\C=C(C=O)/C(=C\C/C(N)=C/N(C)N)/N=C/CCCCCOC. The molecular formula is C17H30N4O2. The molecule has 0 amide bonds. The maximum Gasteiger partial charge on any atom is 0.151 e. The first-order chi connectivity index (χ1) is 11.0. The van der Waals surface area contributed by atoms with Gasteiger partial charge in [0.05, 0.1) is 5.70 Å². The Labute approximate surface area is 139 Å². The topological polar surface area (TPSA) is 93.9 Å². The summed E-state index contributed by atoms with van der Waals surface area (Å²) in [6.45, 7) is 2.60. The predicted molar refractivity (Wildman–Crippen MR) is 95.6 cm³/mol. The molecule has 0 aromatic heterocycles. The van der Waals surface area contributed by atoms with Crippen LogP contribution in [0.4, 0.5) is 0 Å². The number of hydrazine groups is 1. The fourth-order valence-electron chi connectivity index (χ4n) is 1.87. The maximum atomic E-state index is 11.1. The first-order valence-electron chi connectivity index (χ1n) is 7.82. The van der Waals surface area contributed by atoms with E-state index in [0.29, 0.717) is 23.4 Å². The summed E-state index contributed by atoms with van der Waals surface area (Å²) in [6.07, 6.45) is 12.4. The molecule has 0 aliphatic heterocycles. The van der Waals surface area contributed by atoms with Gasteiger partial charge in [-0.3, -0.25) is 9.79 Å². The molecule has 0 aromatic rings. The summed E-state index contributed by atoms with van der Waals surface area (Å²) in [5.74, 6) is 5.51. The largest absolute Gasteiger partial charge is 0.401 e. The van der Waals surface area contributed by atoms with Crippen molar-refractivity contribution in [2.24, 2.45) is 16.6 Å². The molecule has 0 aliphatic carbocycles. The van der Waals surface area contributed by atoms with Gasteiger partial charge in [0.2, 0.25) is 0 Å². The third kappa shape index (κ3) is 11.3. The van der Waals surface area contributed by atoms with Crippen molar-refractivity contribution in [3.63, 3.8) is 0 Å². The Hall–Kier alpha value is -1.92. The summed E-state index contributed by atoms with van der Waals surface area (Å²) in [4.78, 5) is 15.5. The normalized spacial score (nSPS) is 13.7. The second-order valence-electron chi connectivity index (χ2n) is 5.18. The summed E-state index contributed by atoms with van der Waals surface area (Å²) in [7, 11) is 3.40. The van der Waals surface area contributed by atoms with E-state index in [0.717, 1.165) is 38.6 Å². The quantitative estimate of drug-likeness (QED) is 0.109. The van der Waals surface area contributed by atoms with E-state index in [2.05, 4.69) is 4.99 Å². The molecule has 6 heteroatoms. The van der Waals surface area contributed by atoms with Crippen LogP contribution in [0.1, 0.15) is 39.0 Å². The lowest BCUT2D eigenvalue weighted by Crippen LogP contribution is -2.20. The van der Waals surface area contributed by atoms with Crippen molar-refractivity contribution in [1.29, 1.82) is 0 Å². The van der Waals surface area contributed by atoms with Crippen molar-refractivity contribution < 1.29 is 9.53 Å². The molecule has 0 bridgehead atoms. The number of methoxy groups -OCH3 is 1. The summed E-state index contributed by atoms with van der Waals surface area (Å²) < 4.78 is 5.01. The molecule has 0 unspecified atom stereocenters. The highest BCUT2D eigenvalue weighted by Gasteiger charge is 2.01. The van der Waals surface area contributed by atoms with Gasteiger partial charge in [-0.25, -0.2) is 5.84 Å². The van der Waals surface area contributed by atoms with Crippen molar-refractivity contribution in [2.45, 2.75) is 39.0 Å². The minimum Gasteiger partial charge on any atom is -0.401 e. The van der Waals surface area contributed by atoms with E-state index in [-0.39, 0.29) is 0 Å². The molecule has 0 heterocycles. The average Bonchev–Trinajstić information content (AvgIpc) is 2.51. The fraction of sp³-hybridized carbons (Fsp3) is 0.529. The molecule has 6 nitrogen and oxygen atoms in total. The lowest BCUT2D eigenvalue weighted by molar-refractivity contribution is -0.104. The molecule has 0 saturated carbocycles. The summed E-state index contributed by atoms with van der Waals surface area (Å²) in [6, 6.07) is 0. The number of unbranched alkanes of at least 4 members (excludes halogenated alkanes) is 3. The Morgan fingerprint density at radius 1 is 1.30 bits per heavy atom. The number of nitrogens with two attached hydrogens (primary N) is 2. The molecule has 0 spiro atoms. The Balaban J connectivity index is 4.67. The van der Waals surface area contributed by atoms with Gasteiger partial charge in [0, 0.05) is 50.9 Å². The third-order valence-electron chi connectivity index (χ3n) is 3.05. The summed E-state index contributed by atoms with van der Waals surface area (Å²) in [5.41, 5.74) is 7.64. The maximum absolute atomic E-state index is 11.1. The van der Waals surface area contributed by atoms with Gasteiger partial charge in [-0.1, -0.05) is 18.6 Å². The highest BCUT2D eigenvalue weighted by Crippen LogP contribution is 2.12. The van der Waals surface area contributed by atoms with Crippen molar-refractivity contribution in [3.8, 4) is 0 Å². The molecule has 0 radical (unpaired) electrons. The van der Waals surface area contributed by atoms with Crippen LogP contribution in [-0.4, -0.2) is 38.3 Å². The van der Waals surface area contributed by atoms with Gasteiger partial charge in [-0.05, 0) is 26.2 Å². The number of carbonyl (C=O) groups excluding carboxylic acids is 1. The fourth-order valence-corrected chi connectivity index (χ4v) is 1.87. The van der Waals surface area contributed by atoms with E-state index in [1.807, 2.05) is 19.2 Å². The monoisotopic (exact) mass is 322 g/mol. The molecule has 0 rings (SSSR count). The Morgan fingerprint density at radius 3 is 2.61 bits per heavy atom. The lowest BCUT2D eigenvalue weighted by atomic mass is 10.1. The standard InChI is InChI=1S/C17H30N4O2/c1-4-15(14-22)17(10-9-16(18)13-21(2)19)20-11-7-5-6-8-12-23-3/h4,10-11,13-14H,5-9,12,18-19H2,1-3H3/b15-4-,16-13-,17-10+,20-11+. The molecule has 4 N–H and O–H groups in total. The Kier molecular flexibility index (Phi) is 12.6. The number of hydrogen-bond donors (Lipinski definition) is 2. The van der Waals surface area contributed by atoms with E-state index in [9.17, 15) is 4.79 Å². The smallest absolute Gasteiger partial charge is 0.151 e. The van der Waals surface area contributed by atoms with Gasteiger partial charge >= 0.3 is 0 Å². The molecule has 0 atom stereocenters. The van der Waals surface area contributed by atoms with Crippen LogP contribution in [0.25, 0.3) is 0 Å². The number of hydrogen-bond acceptors (Lipinski definition) is 6. The molecule has 0 saturated heterocycles. The number of aliphatic imine (C=N–C) groups is 1. The predicted octanol–water partition coefficient (Wildman–Crippen LogP) is 2.29. The Morgan fingerprint density at radius 2 is 2.04 bits per heavy atom. The minimum absolute atomic E-state index is 0.479. The van der Waals surface area contributed by atoms with Gasteiger partial charge in [0.25, 0.3) is 0 Å².